The van der Waals surface area contributed by atoms with Crippen LogP contribution in [0, 0.1) is 11.7 Å². The van der Waals surface area contributed by atoms with Gasteiger partial charge in [0.25, 0.3) is 0 Å². The van der Waals surface area contributed by atoms with E-state index in [9.17, 15) is 17.6 Å². The van der Waals surface area contributed by atoms with Crippen LogP contribution in [0.3, 0.4) is 0 Å². The van der Waals surface area contributed by atoms with Crippen molar-refractivity contribution in [2.24, 2.45) is 5.92 Å². The molecule has 8 heteroatoms. The molecule has 1 aromatic rings. The van der Waals surface area contributed by atoms with Crippen LogP contribution in [0.1, 0.15) is 36.0 Å². The van der Waals surface area contributed by atoms with Gasteiger partial charge in [0, 0.05) is 6.54 Å². The van der Waals surface area contributed by atoms with Gasteiger partial charge in [-0.05, 0) is 30.9 Å². The molecule has 116 valence electrons. The molecule has 5 nitrogen and oxygen atoms in total. The van der Waals surface area contributed by atoms with E-state index in [0.717, 1.165) is 18.6 Å². The molecular weight excluding hydrogens is 321 g/mol. The Bertz CT molecular complexity index is 658. The molecule has 1 saturated carbocycles. The predicted molar refractivity (Wildman–Crippen MR) is 75.5 cm³/mol. The third-order valence-electron chi connectivity index (χ3n) is 3.32. The van der Waals surface area contributed by atoms with E-state index < -0.39 is 37.3 Å². The maximum Gasteiger partial charge on any atom is 0.337 e. The van der Waals surface area contributed by atoms with Gasteiger partial charge >= 0.3 is 5.97 Å². The first-order valence-corrected chi connectivity index (χ1v) is 8.39. The molecule has 0 saturated heterocycles. The van der Waals surface area contributed by atoms with Gasteiger partial charge < -0.3 is 5.11 Å². The van der Waals surface area contributed by atoms with Crippen LogP contribution in [0.25, 0.3) is 0 Å². The van der Waals surface area contributed by atoms with E-state index in [2.05, 4.69) is 4.72 Å². The third-order valence-corrected chi connectivity index (χ3v) is 5.15. The second-order valence-electron chi connectivity index (χ2n) is 5.06. The molecule has 1 aliphatic carbocycles. The lowest BCUT2D eigenvalue weighted by atomic mass is 10.2. The molecule has 2 rings (SSSR count). The summed E-state index contributed by atoms with van der Waals surface area (Å²) in [5.74, 6) is -1.86. The number of nitrogens with one attached hydrogen (secondary N) is 1. The van der Waals surface area contributed by atoms with Crippen LogP contribution < -0.4 is 4.72 Å². The average Bonchev–Trinajstić information content (AvgIpc) is 3.21. The smallest absolute Gasteiger partial charge is 0.337 e. The minimum atomic E-state index is -3.95. The molecule has 2 N–H and O–H groups in total. The normalized spacial score (nSPS) is 15.1. The Hall–Kier alpha value is -1.18. The van der Waals surface area contributed by atoms with Crippen molar-refractivity contribution in [3.63, 3.8) is 0 Å². The van der Waals surface area contributed by atoms with E-state index in [1.807, 2.05) is 0 Å². The third kappa shape index (κ3) is 4.15. The maximum atomic E-state index is 13.5. The zero-order valence-corrected chi connectivity index (χ0v) is 12.7. The number of hydrogen-bond donors (Lipinski definition) is 2. The fourth-order valence-corrected chi connectivity index (χ4v) is 3.26. The van der Waals surface area contributed by atoms with Gasteiger partial charge in [-0.25, -0.2) is 22.3 Å². The van der Waals surface area contributed by atoms with Gasteiger partial charge in [0.2, 0.25) is 10.0 Å². The topological polar surface area (TPSA) is 83.5 Å². The molecule has 0 bridgehead atoms. The fourth-order valence-electron chi connectivity index (χ4n) is 1.96. The molecule has 0 radical (unpaired) electrons. The van der Waals surface area contributed by atoms with E-state index in [0.29, 0.717) is 12.3 Å². The summed E-state index contributed by atoms with van der Waals surface area (Å²) in [4.78, 5) is 10.5. The van der Waals surface area contributed by atoms with Gasteiger partial charge in [0.1, 0.15) is 5.82 Å². The molecule has 1 aromatic carbocycles. The van der Waals surface area contributed by atoms with Crippen molar-refractivity contribution in [2.45, 2.75) is 30.6 Å². The van der Waals surface area contributed by atoms with Gasteiger partial charge in [-0.1, -0.05) is 24.4 Å². The van der Waals surface area contributed by atoms with Gasteiger partial charge in [0.05, 0.1) is 15.5 Å². The zero-order chi connectivity index (χ0) is 15.6. The number of carboxylic acid groups (broad SMARTS) is 1. The van der Waals surface area contributed by atoms with Crippen LogP contribution in [0.2, 0.25) is 5.02 Å². The van der Waals surface area contributed by atoms with E-state index in [1.165, 1.54) is 12.8 Å². The molecule has 0 amide bonds. The summed E-state index contributed by atoms with van der Waals surface area (Å²) in [6.45, 7) is 0.242. The van der Waals surface area contributed by atoms with Crippen LogP contribution in [-0.4, -0.2) is 26.0 Å². The number of carbonyl (C=O) groups is 1. The van der Waals surface area contributed by atoms with E-state index in [4.69, 9.17) is 16.7 Å². The maximum absolute atomic E-state index is 13.5. The second kappa shape index (κ2) is 6.29. The number of halogens is 2. The SMILES string of the molecule is O=C(O)c1cc(S(=O)(=O)NCCCC2CC2)cc(F)c1Cl. The molecule has 0 heterocycles. The number of carboxylic acids is 1. The average molecular weight is 336 g/mol. The summed E-state index contributed by atoms with van der Waals surface area (Å²) in [6.07, 6.45) is 4.04. The highest BCUT2D eigenvalue weighted by molar-refractivity contribution is 7.89. The Morgan fingerprint density at radius 1 is 1.43 bits per heavy atom. The molecule has 0 spiro atoms. The van der Waals surface area contributed by atoms with Gasteiger partial charge in [-0.2, -0.15) is 0 Å². The monoisotopic (exact) mass is 335 g/mol. The molecular formula is C13H15ClFNO4S. The minimum absolute atomic E-state index is 0.242. The fraction of sp³-hybridized carbons (Fsp3) is 0.462. The summed E-state index contributed by atoms with van der Waals surface area (Å²) in [7, 11) is -3.95. The lowest BCUT2D eigenvalue weighted by Gasteiger charge is -2.09. The van der Waals surface area contributed by atoms with Crippen molar-refractivity contribution in [3.05, 3.63) is 28.5 Å². The lowest BCUT2D eigenvalue weighted by Crippen LogP contribution is -2.25. The van der Waals surface area contributed by atoms with Crippen LogP contribution in [0.4, 0.5) is 4.39 Å². The van der Waals surface area contributed by atoms with Crippen molar-refractivity contribution in [2.75, 3.05) is 6.54 Å². The Balaban J connectivity index is 2.12. The van der Waals surface area contributed by atoms with Crippen LogP contribution >= 0.6 is 11.6 Å². The Morgan fingerprint density at radius 2 is 2.10 bits per heavy atom. The number of benzene rings is 1. The van der Waals surface area contributed by atoms with Crippen molar-refractivity contribution in [1.29, 1.82) is 0 Å². The van der Waals surface area contributed by atoms with Gasteiger partial charge in [0.15, 0.2) is 0 Å². The Labute approximate surface area is 127 Å². The van der Waals surface area contributed by atoms with Crippen LogP contribution in [0.5, 0.6) is 0 Å². The largest absolute Gasteiger partial charge is 0.478 e. The van der Waals surface area contributed by atoms with Gasteiger partial charge in [-0.3, -0.25) is 0 Å². The van der Waals surface area contributed by atoms with Crippen molar-refractivity contribution < 1.29 is 22.7 Å². The van der Waals surface area contributed by atoms with Crippen molar-refractivity contribution >= 4 is 27.6 Å². The summed E-state index contributed by atoms with van der Waals surface area (Å²) < 4.78 is 39.9. The van der Waals surface area contributed by atoms with Crippen molar-refractivity contribution in [1.82, 2.24) is 4.72 Å². The van der Waals surface area contributed by atoms with E-state index >= 15 is 0 Å². The van der Waals surface area contributed by atoms with E-state index in [-0.39, 0.29) is 6.54 Å². The number of hydrogen-bond acceptors (Lipinski definition) is 3. The quantitative estimate of drug-likeness (QED) is 0.750. The molecule has 0 unspecified atom stereocenters. The molecule has 0 aliphatic heterocycles. The molecule has 1 fully saturated rings. The zero-order valence-electron chi connectivity index (χ0n) is 11.1. The first-order valence-electron chi connectivity index (χ1n) is 6.53. The second-order valence-corrected chi connectivity index (χ2v) is 7.20. The highest BCUT2D eigenvalue weighted by atomic mass is 35.5. The minimum Gasteiger partial charge on any atom is -0.478 e. The predicted octanol–water partition coefficient (Wildman–Crippen LogP) is 2.65. The highest BCUT2D eigenvalue weighted by Gasteiger charge is 2.23. The number of rotatable bonds is 7. The van der Waals surface area contributed by atoms with E-state index in [1.54, 1.807) is 0 Å². The molecule has 1 aliphatic rings. The number of sulfonamides is 1. The summed E-state index contributed by atoms with van der Waals surface area (Å²) >= 11 is 5.51. The molecule has 0 aromatic heterocycles. The Morgan fingerprint density at radius 3 is 2.67 bits per heavy atom. The van der Waals surface area contributed by atoms with Crippen molar-refractivity contribution in [3.8, 4) is 0 Å². The number of aromatic carboxylic acids is 1. The first kappa shape index (κ1) is 16.2. The first-order chi connectivity index (χ1) is 9.81. The van der Waals surface area contributed by atoms with Crippen LogP contribution in [0.15, 0.2) is 17.0 Å². The lowest BCUT2D eigenvalue weighted by molar-refractivity contribution is 0.0696. The molecule has 0 atom stereocenters. The molecule has 21 heavy (non-hydrogen) atoms. The Kier molecular flexibility index (Phi) is 4.85. The van der Waals surface area contributed by atoms with Crippen LogP contribution in [-0.2, 0) is 10.0 Å². The van der Waals surface area contributed by atoms with Gasteiger partial charge in [-0.15, -0.1) is 0 Å². The highest BCUT2D eigenvalue weighted by Crippen LogP contribution is 2.33. The standard InChI is InChI=1S/C13H15ClFNO4S/c14-12-10(13(17)18)6-9(7-11(12)15)21(19,20)16-5-1-2-8-3-4-8/h6-8,16H,1-5H2,(H,17,18). The summed E-state index contributed by atoms with van der Waals surface area (Å²) in [5, 5.41) is 8.29. The summed E-state index contributed by atoms with van der Waals surface area (Å²) in [6, 6.07) is 1.58. The summed E-state index contributed by atoms with van der Waals surface area (Å²) in [5.41, 5.74) is -0.574.